The lowest BCUT2D eigenvalue weighted by Gasteiger charge is -2.17. The van der Waals surface area contributed by atoms with E-state index in [0.717, 1.165) is 5.75 Å². The molecule has 21 heavy (non-hydrogen) atoms. The Morgan fingerprint density at radius 3 is 2.29 bits per heavy atom. The molecule has 2 aromatic rings. The molecule has 0 saturated heterocycles. The van der Waals surface area contributed by atoms with Crippen molar-refractivity contribution in [3.05, 3.63) is 59.1 Å². The zero-order valence-electron chi connectivity index (χ0n) is 11.8. The summed E-state index contributed by atoms with van der Waals surface area (Å²) in [5.74, 6) is 0.494. The van der Waals surface area contributed by atoms with E-state index in [1.54, 1.807) is 68.8 Å². The van der Waals surface area contributed by atoms with Gasteiger partial charge in [-0.2, -0.15) is 10.1 Å². The number of rotatable bonds is 4. The highest BCUT2D eigenvalue weighted by Crippen LogP contribution is 2.22. The summed E-state index contributed by atoms with van der Waals surface area (Å²) in [6.45, 7) is 1.76. The topological polar surface area (TPSA) is 41.9 Å². The Hall–Kier alpha value is -2.33. The quantitative estimate of drug-likeness (QED) is 0.633. The first-order valence-corrected chi connectivity index (χ1v) is 6.76. The number of nitrogens with zero attached hydrogens (tertiary/aromatic N) is 2. The van der Waals surface area contributed by atoms with Crippen LogP contribution in [0.2, 0.25) is 5.02 Å². The molecule has 0 unspecified atom stereocenters. The van der Waals surface area contributed by atoms with Gasteiger partial charge in [0.1, 0.15) is 5.75 Å². The first-order chi connectivity index (χ1) is 10.2. The highest BCUT2D eigenvalue weighted by Gasteiger charge is 2.16. The van der Waals surface area contributed by atoms with Crippen molar-refractivity contribution >= 4 is 29.4 Å². The molecule has 2 rings (SSSR count). The van der Waals surface area contributed by atoms with Crippen LogP contribution in [0.4, 0.5) is 5.69 Å². The van der Waals surface area contributed by atoms with Crippen LogP contribution >= 0.6 is 11.6 Å². The summed E-state index contributed by atoms with van der Waals surface area (Å²) in [6, 6.07) is 13.8. The largest absolute Gasteiger partial charge is 0.497 e. The van der Waals surface area contributed by atoms with Crippen molar-refractivity contribution < 1.29 is 9.53 Å². The number of ether oxygens (including phenoxy) is 1. The third-order valence-corrected chi connectivity index (χ3v) is 3.08. The van der Waals surface area contributed by atoms with Gasteiger partial charge >= 0.3 is 0 Å². The second kappa shape index (κ2) is 6.90. The summed E-state index contributed by atoms with van der Waals surface area (Å²) >= 11 is 5.84. The summed E-state index contributed by atoms with van der Waals surface area (Å²) in [7, 11) is 1.59. The van der Waals surface area contributed by atoms with E-state index >= 15 is 0 Å². The van der Waals surface area contributed by atoms with Gasteiger partial charge in [0, 0.05) is 16.8 Å². The minimum absolute atomic E-state index is 0.227. The number of benzene rings is 2. The number of anilines is 1. The molecule has 0 aliphatic heterocycles. The van der Waals surface area contributed by atoms with E-state index < -0.39 is 0 Å². The summed E-state index contributed by atoms with van der Waals surface area (Å²) in [5, 5.41) is 6.05. The first kappa shape index (κ1) is 15.1. The number of halogens is 1. The molecular weight excluding hydrogens is 288 g/mol. The van der Waals surface area contributed by atoms with Gasteiger partial charge < -0.3 is 4.74 Å². The Morgan fingerprint density at radius 1 is 1.14 bits per heavy atom. The minimum atomic E-state index is -0.227. The maximum atomic E-state index is 12.5. The second-order valence-corrected chi connectivity index (χ2v) is 4.63. The Balaban J connectivity index is 2.33. The molecule has 0 aliphatic carbocycles. The number of hydrazone groups is 1. The lowest BCUT2D eigenvalue weighted by Crippen LogP contribution is -2.25. The van der Waals surface area contributed by atoms with Gasteiger partial charge in [-0.15, -0.1) is 0 Å². The van der Waals surface area contributed by atoms with E-state index in [4.69, 9.17) is 16.3 Å². The van der Waals surface area contributed by atoms with Crippen molar-refractivity contribution in [3.63, 3.8) is 0 Å². The predicted octanol–water partition coefficient (Wildman–Crippen LogP) is 4.00. The van der Waals surface area contributed by atoms with Gasteiger partial charge in [-0.05, 0) is 55.5 Å². The monoisotopic (exact) mass is 302 g/mol. The van der Waals surface area contributed by atoms with Crippen molar-refractivity contribution in [2.45, 2.75) is 6.92 Å². The predicted molar refractivity (Wildman–Crippen MR) is 85.4 cm³/mol. The number of carbonyl (C=O) groups excluding carboxylic acids is 1. The number of carbonyl (C=O) groups is 1. The molecule has 0 fully saturated rings. The molecule has 0 atom stereocenters. The van der Waals surface area contributed by atoms with Gasteiger partial charge in [0.05, 0.1) is 12.8 Å². The van der Waals surface area contributed by atoms with Crippen molar-refractivity contribution in [1.29, 1.82) is 0 Å². The molecule has 0 bridgehead atoms. The van der Waals surface area contributed by atoms with Crippen LogP contribution in [0.15, 0.2) is 53.6 Å². The third-order valence-electron chi connectivity index (χ3n) is 2.83. The van der Waals surface area contributed by atoms with Gasteiger partial charge in [-0.3, -0.25) is 4.79 Å². The van der Waals surface area contributed by atoms with Crippen LogP contribution in [0, 0.1) is 0 Å². The normalized spacial score (nSPS) is 10.6. The lowest BCUT2D eigenvalue weighted by atomic mass is 10.2. The molecule has 0 aliphatic rings. The smallest absolute Gasteiger partial charge is 0.278 e. The van der Waals surface area contributed by atoms with E-state index in [1.807, 2.05) is 0 Å². The summed E-state index contributed by atoms with van der Waals surface area (Å²) in [6.07, 6.45) is 1.57. The van der Waals surface area contributed by atoms with Crippen LogP contribution < -0.4 is 9.75 Å². The molecule has 0 aromatic heterocycles. The number of hydrogen-bond acceptors (Lipinski definition) is 3. The number of methoxy groups -OCH3 is 1. The average molecular weight is 303 g/mol. The zero-order chi connectivity index (χ0) is 15.2. The Labute approximate surface area is 128 Å². The summed E-state index contributed by atoms with van der Waals surface area (Å²) in [5.41, 5.74) is 1.18. The Kier molecular flexibility index (Phi) is 4.95. The van der Waals surface area contributed by atoms with E-state index in [-0.39, 0.29) is 5.91 Å². The Morgan fingerprint density at radius 2 is 1.76 bits per heavy atom. The van der Waals surface area contributed by atoms with Crippen LogP contribution in [0.25, 0.3) is 0 Å². The van der Waals surface area contributed by atoms with Gasteiger partial charge in [0.2, 0.25) is 0 Å². The van der Waals surface area contributed by atoms with Crippen molar-refractivity contribution in [1.82, 2.24) is 0 Å². The molecule has 4 nitrogen and oxygen atoms in total. The molecule has 0 radical (unpaired) electrons. The fraction of sp³-hybridized carbons (Fsp3) is 0.125. The van der Waals surface area contributed by atoms with Crippen LogP contribution in [-0.4, -0.2) is 19.2 Å². The number of hydrogen-bond donors (Lipinski definition) is 0. The van der Waals surface area contributed by atoms with Crippen molar-refractivity contribution in [2.75, 3.05) is 12.1 Å². The van der Waals surface area contributed by atoms with Crippen LogP contribution in [0.1, 0.15) is 17.3 Å². The molecule has 0 spiro atoms. The molecule has 2 aromatic carbocycles. The summed E-state index contributed by atoms with van der Waals surface area (Å²) < 4.78 is 5.11. The van der Waals surface area contributed by atoms with E-state index in [0.29, 0.717) is 16.3 Å². The molecule has 0 saturated carbocycles. The van der Waals surface area contributed by atoms with E-state index in [9.17, 15) is 4.79 Å². The lowest BCUT2D eigenvalue weighted by molar-refractivity contribution is 0.0988. The highest BCUT2D eigenvalue weighted by atomic mass is 35.5. The Bertz CT molecular complexity index is 636. The second-order valence-electron chi connectivity index (χ2n) is 4.20. The molecule has 5 heteroatoms. The molecule has 108 valence electrons. The molecule has 1 amide bonds. The van der Waals surface area contributed by atoms with Crippen LogP contribution in [-0.2, 0) is 0 Å². The van der Waals surface area contributed by atoms with Crippen LogP contribution in [0.5, 0.6) is 5.75 Å². The fourth-order valence-electron chi connectivity index (χ4n) is 1.79. The molecular formula is C16H15ClN2O2. The van der Waals surface area contributed by atoms with Gasteiger partial charge in [0.25, 0.3) is 5.91 Å². The van der Waals surface area contributed by atoms with E-state index in [2.05, 4.69) is 5.10 Å². The molecule has 0 N–H and O–H groups in total. The molecule has 0 heterocycles. The van der Waals surface area contributed by atoms with Crippen molar-refractivity contribution in [2.24, 2.45) is 5.10 Å². The third kappa shape index (κ3) is 3.61. The highest BCUT2D eigenvalue weighted by molar-refractivity contribution is 6.30. The van der Waals surface area contributed by atoms with Gasteiger partial charge in [0.15, 0.2) is 0 Å². The maximum absolute atomic E-state index is 12.5. The van der Waals surface area contributed by atoms with Crippen LogP contribution in [0.3, 0.4) is 0 Å². The van der Waals surface area contributed by atoms with E-state index in [1.165, 1.54) is 5.01 Å². The standard InChI is InChI=1S/C16H15ClN2O2/c1-3-18-19(14-8-10-15(21-2)11-9-14)16(20)12-4-6-13(17)7-5-12/h3-11H,1-2H3/b18-3-. The van der Waals surface area contributed by atoms with Gasteiger partial charge in [-0.25, -0.2) is 0 Å². The maximum Gasteiger partial charge on any atom is 0.278 e. The average Bonchev–Trinajstić information content (AvgIpc) is 2.53. The number of amides is 1. The first-order valence-electron chi connectivity index (χ1n) is 6.38. The minimum Gasteiger partial charge on any atom is -0.497 e. The fourth-order valence-corrected chi connectivity index (χ4v) is 1.92. The van der Waals surface area contributed by atoms with Gasteiger partial charge in [-0.1, -0.05) is 11.6 Å². The zero-order valence-corrected chi connectivity index (χ0v) is 12.5. The van der Waals surface area contributed by atoms with Crippen molar-refractivity contribution in [3.8, 4) is 5.75 Å². The summed E-state index contributed by atoms with van der Waals surface area (Å²) in [4.78, 5) is 12.5. The SMILES string of the molecule is C/C=N\N(C(=O)c1ccc(Cl)cc1)c1ccc(OC)cc1.